The van der Waals surface area contributed by atoms with Gasteiger partial charge in [0.2, 0.25) is 0 Å². The van der Waals surface area contributed by atoms with Gasteiger partial charge < -0.3 is 10.1 Å². The minimum absolute atomic E-state index is 0.0719. The molecule has 3 nitrogen and oxygen atoms in total. The molecule has 0 spiro atoms. The minimum atomic E-state index is -0.384. The first kappa shape index (κ1) is 15.0. The average Bonchev–Trinajstić information content (AvgIpc) is 2.88. The summed E-state index contributed by atoms with van der Waals surface area (Å²) in [5.74, 6) is 0.893. The standard InChI is InChI=1S/C17H25NO2/c1-4-10-17(11-7-12-18-17)16(19)14-8-5-6-9-15(14)20-13(2)3/h5-6,8-9,13,18H,4,7,10-12H2,1-3H3. The smallest absolute Gasteiger partial charge is 0.186 e. The van der Waals surface area contributed by atoms with E-state index in [1.54, 1.807) is 0 Å². The molecule has 1 N–H and O–H groups in total. The predicted octanol–water partition coefficient (Wildman–Crippen LogP) is 3.58. The largest absolute Gasteiger partial charge is 0.490 e. The zero-order valence-electron chi connectivity index (χ0n) is 12.7. The number of Topliss-reactive ketones (excluding diaryl/α,β-unsaturated/α-hetero) is 1. The van der Waals surface area contributed by atoms with Crippen molar-refractivity contribution in [3.63, 3.8) is 0 Å². The molecule has 1 unspecified atom stereocenters. The van der Waals surface area contributed by atoms with E-state index in [9.17, 15) is 4.79 Å². The molecule has 0 radical (unpaired) electrons. The summed E-state index contributed by atoms with van der Waals surface area (Å²) in [7, 11) is 0. The van der Waals surface area contributed by atoms with E-state index in [1.165, 1.54) is 0 Å². The molecule has 110 valence electrons. The molecule has 20 heavy (non-hydrogen) atoms. The SMILES string of the molecule is CCCC1(C(=O)c2ccccc2OC(C)C)CCCN1. The van der Waals surface area contributed by atoms with Gasteiger partial charge in [0.1, 0.15) is 5.75 Å². The average molecular weight is 275 g/mol. The van der Waals surface area contributed by atoms with Crippen molar-refractivity contribution in [1.29, 1.82) is 0 Å². The van der Waals surface area contributed by atoms with Crippen LogP contribution in [-0.2, 0) is 0 Å². The molecule has 0 saturated carbocycles. The van der Waals surface area contributed by atoms with Gasteiger partial charge in [-0.05, 0) is 51.8 Å². The Labute approximate surface area is 121 Å². The summed E-state index contributed by atoms with van der Waals surface area (Å²) < 4.78 is 5.80. The van der Waals surface area contributed by atoms with Gasteiger partial charge in [-0.1, -0.05) is 25.5 Å². The zero-order chi connectivity index (χ0) is 14.6. The maximum atomic E-state index is 13.0. The van der Waals surface area contributed by atoms with Crippen LogP contribution < -0.4 is 10.1 Å². The Balaban J connectivity index is 2.32. The van der Waals surface area contributed by atoms with Crippen molar-refractivity contribution in [3.8, 4) is 5.75 Å². The van der Waals surface area contributed by atoms with Crippen LogP contribution in [0.25, 0.3) is 0 Å². The molecule has 1 fully saturated rings. The monoisotopic (exact) mass is 275 g/mol. The Bertz CT molecular complexity index is 462. The molecular weight excluding hydrogens is 250 g/mol. The van der Waals surface area contributed by atoms with Gasteiger partial charge >= 0.3 is 0 Å². The fourth-order valence-electron chi connectivity index (χ4n) is 3.02. The van der Waals surface area contributed by atoms with Crippen LogP contribution in [-0.4, -0.2) is 24.0 Å². The topological polar surface area (TPSA) is 38.3 Å². The van der Waals surface area contributed by atoms with Crippen LogP contribution in [0.15, 0.2) is 24.3 Å². The second kappa shape index (κ2) is 6.40. The minimum Gasteiger partial charge on any atom is -0.490 e. The third-order valence-corrected chi connectivity index (χ3v) is 3.85. The van der Waals surface area contributed by atoms with Crippen LogP contribution in [0.3, 0.4) is 0 Å². The van der Waals surface area contributed by atoms with Crippen molar-refractivity contribution in [3.05, 3.63) is 29.8 Å². The highest BCUT2D eigenvalue weighted by atomic mass is 16.5. The van der Waals surface area contributed by atoms with Crippen molar-refractivity contribution in [1.82, 2.24) is 5.32 Å². The molecule has 0 amide bonds. The normalized spacial score (nSPS) is 22.2. The highest BCUT2D eigenvalue weighted by molar-refractivity contribution is 6.05. The van der Waals surface area contributed by atoms with Gasteiger partial charge in [0, 0.05) is 0 Å². The third-order valence-electron chi connectivity index (χ3n) is 3.85. The van der Waals surface area contributed by atoms with Gasteiger partial charge in [0.25, 0.3) is 0 Å². The summed E-state index contributed by atoms with van der Waals surface area (Å²) in [6.07, 6.45) is 3.96. The number of rotatable bonds is 6. The lowest BCUT2D eigenvalue weighted by atomic mass is 9.83. The van der Waals surface area contributed by atoms with Crippen molar-refractivity contribution >= 4 is 5.78 Å². The molecule has 0 aliphatic carbocycles. The maximum Gasteiger partial charge on any atom is 0.186 e. The second-order valence-electron chi connectivity index (χ2n) is 5.85. The fraction of sp³-hybridized carbons (Fsp3) is 0.588. The van der Waals surface area contributed by atoms with Crippen molar-refractivity contribution in [2.24, 2.45) is 0 Å². The Morgan fingerprint density at radius 3 is 2.75 bits per heavy atom. The summed E-state index contributed by atoms with van der Waals surface area (Å²) >= 11 is 0. The molecule has 1 aliphatic rings. The van der Waals surface area contributed by atoms with E-state index in [0.29, 0.717) is 11.3 Å². The molecule has 1 aliphatic heterocycles. The number of carbonyl (C=O) groups excluding carboxylic acids is 1. The van der Waals surface area contributed by atoms with E-state index in [-0.39, 0.29) is 17.4 Å². The molecular formula is C17H25NO2. The number of ketones is 1. The Hall–Kier alpha value is -1.35. The quantitative estimate of drug-likeness (QED) is 0.806. The maximum absolute atomic E-state index is 13.0. The van der Waals surface area contributed by atoms with Gasteiger partial charge in [0.05, 0.1) is 17.2 Å². The van der Waals surface area contributed by atoms with Crippen molar-refractivity contribution in [2.45, 2.75) is 58.1 Å². The van der Waals surface area contributed by atoms with Gasteiger partial charge in [0.15, 0.2) is 5.78 Å². The lowest BCUT2D eigenvalue weighted by Crippen LogP contribution is -2.47. The molecule has 1 heterocycles. The van der Waals surface area contributed by atoms with E-state index in [0.717, 1.165) is 32.2 Å². The summed E-state index contributed by atoms with van der Waals surface area (Å²) in [5.41, 5.74) is 0.328. The van der Waals surface area contributed by atoms with E-state index < -0.39 is 0 Å². The van der Waals surface area contributed by atoms with Gasteiger partial charge in [-0.3, -0.25) is 4.79 Å². The predicted molar refractivity (Wildman–Crippen MR) is 81.4 cm³/mol. The Morgan fingerprint density at radius 1 is 1.40 bits per heavy atom. The fourth-order valence-corrected chi connectivity index (χ4v) is 3.02. The first-order valence-corrected chi connectivity index (χ1v) is 7.64. The van der Waals surface area contributed by atoms with E-state index in [2.05, 4.69) is 12.2 Å². The summed E-state index contributed by atoms with van der Waals surface area (Å²) in [4.78, 5) is 13.0. The number of benzene rings is 1. The van der Waals surface area contributed by atoms with E-state index >= 15 is 0 Å². The van der Waals surface area contributed by atoms with Crippen LogP contribution in [0.1, 0.15) is 56.8 Å². The third kappa shape index (κ3) is 3.04. The highest BCUT2D eigenvalue weighted by Crippen LogP contribution is 2.32. The first-order valence-electron chi connectivity index (χ1n) is 7.64. The highest BCUT2D eigenvalue weighted by Gasteiger charge is 2.41. The molecule has 0 bridgehead atoms. The lowest BCUT2D eigenvalue weighted by molar-refractivity contribution is 0.0851. The van der Waals surface area contributed by atoms with Gasteiger partial charge in [-0.15, -0.1) is 0 Å². The van der Waals surface area contributed by atoms with Crippen LogP contribution >= 0.6 is 0 Å². The summed E-state index contributed by atoms with van der Waals surface area (Å²) in [5, 5.41) is 3.44. The first-order chi connectivity index (χ1) is 9.59. The van der Waals surface area contributed by atoms with Crippen LogP contribution in [0, 0.1) is 0 Å². The number of nitrogens with one attached hydrogen (secondary N) is 1. The second-order valence-corrected chi connectivity index (χ2v) is 5.85. The van der Waals surface area contributed by atoms with Gasteiger partial charge in [-0.2, -0.15) is 0 Å². The Morgan fingerprint density at radius 2 is 2.15 bits per heavy atom. The van der Waals surface area contributed by atoms with Gasteiger partial charge in [-0.25, -0.2) is 0 Å². The molecule has 0 aromatic heterocycles. The molecule has 2 rings (SSSR count). The van der Waals surface area contributed by atoms with Crippen molar-refractivity contribution < 1.29 is 9.53 Å². The number of ether oxygens (including phenoxy) is 1. The van der Waals surface area contributed by atoms with Crippen LogP contribution in [0.2, 0.25) is 0 Å². The Kier molecular flexibility index (Phi) is 4.81. The number of carbonyl (C=O) groups is 1. The molecule has 3 heteroatoms. The number of hydrogen-bond donors (Lipinski definition) is 1. The molecule has 1 aromatic carbocycles. The zero-order valence-corrected chi connectivity index (χ0v) is 12.7. The van der Waals surface area contributed by atoms with Crippen LogP contribution in [0.4, 0.5) is 0 Å². The summed E-state index contributed by atoms with van der Waals surface area (Å²) in [6.45, 7) is 7.03. The van der Waals surface area contributed by atoms with E-state index in [4.69, 9.17) is 4.74 Å². The number of para-hydroxylation sites is 1. The lowest BCUT2D eigenvalue weighted by Gasteiger charge is -2.28. The molecule has 1 saturated heterocycles. The van der Waals surface area contributed by atoms with Crippen molar-refractivity contribution in [2.75, 3.05) is 6.54 Å². The van der Waals surface area contributed by atoms with Crippen LogP contribution in [0.5, 0.6) is 5.75 Å². The summed E-state index contributed by atoms with van der Waals surface area (Å²) in [6, 6.07) is 7.61. The van der Waals surface area contributed by atoms with E-state index in [1.807, 2.05) is 38.1 Å². The number of hydrogen-bond acceptors (Lipinski definition) is 3. The molecule has 1 aromatic rings. The molecule has 1 atom stereocenters.